The molecule has 0 aliphatic heterocycles. The van der Waals surface area contributed by atoms with Crippen molar-refractivity contribution < 1.29 is 18.3 Å². The van der Waals surface area contributed by atoms with Crippen molar-refractivity contribution in [3.63, 3.8) is 0 Å². The number of aliphatic hydroxyl groups excluding tert-OH is 1. The van der Waals surface area contributed by atoms with E-state index in [1.165, 1.54) is 13.0 Å². The van der Waals surface area contributed by atoms with E-state index in [-0.39, 0.29) is 21.8 Å². The highest BCUT2D eigenvalue weighted by molar-refractivity contribution is 7.10. The lowest BCUT2D eigenvalue weighted by Crippen LogP contribution is -2.07. The van der Waals surface area contributed by atoms with E-state index in [9.17, 15) is 18.0 Å². The van der Waals surface area contributed by atoms with E-state index in [0.29, 0.717) is 0 Å². The van der Waals surface area contributed by atoms with Crippen molar-refractivity contribution in [3.8, 4) is 17.9 Å². The summed E-state index contributed by atoms with van der Waals surface area (Å²) in [5.41, 5.74) is -1.72. The summed E-state index contributed by atoms with van der Waals surface area (Å²) in [4.78, 5) is 11.4. The van der Waals surface area contributed by atoms with Gasteiger partial charge < -0.3 is 10.4 Å². The number of rotatable bonds is 2. The first-order valence-corrected chi connectivity index (χ1v) is 7.33. The van der Waals surface area contributed by atoms with Gasteiger partial charge in [-0.05, 0) is 36.7 Å². The molecule has 2 aromatic rings. The van der Waals surface area contributed by atoms with Gasteiger partial charge in [-0.1, -0.05) is 11.8 Å². The quantitative estimate of drug-likeness (QED) is 0.725. The molecule has 0 spiro atoms. The third-order valence-electron chi connectivity index (χ3n) is 2.76. The van der Waals surface area contributed by atoms with E-state index in [1.807, 2.05) is 0 Å². The first kappa shape index (κ1) is 17.6. The molecule has 9 heteroatoms. The normalized spacial score (nSPS) is 12.0. The van der Waals surface area contributed by atoms with Gasteiger partial charge in [-0.25, -0.2) is 0 Å². The van der Waals surface area contributed by atoms with Crippen molar-refractivity contribution in [1.82, 2.24) is 4.37 Å². The molecule has 0 amide bonds. The molecule has 0 bridgehead atoms. The van der Waals surface area contributed by atoms with Crippen molar-refractivity contribution in [2.45, 2.75) is 19.2 Å². The van der Waals surface area contributed by atoms with E-state index >= 15 is 0 Å². The Morgan fingerprint density at radius 1 is 1.38 bits per heavy atom. The van der Waals surface area contributed by atoms with Crippen LogP contribution in [0.15, 0.2) is 23.0 Å². The van der Waals surface area contributed by atoms with Gasteiger partial charge >= 0.3 is 6.18 Å². The molecule has 1 aromatic heterocycles. The van der Waals surface area contributed by atoms with Crippen molar-refractivity contribution in [2.75, 3.05) is 5.32 Å². The van der Waals surface area contributed by atoms with Crippen LogP contribution in [0.1, 0.15) is 23.6 Å². The van der Waals surface area contributed by atoms with Crippen molar-refractivity contribution in [2.24, 2.45) is 0 Å². The number of hydrogen-bond acceptors (Lipinski definition) is 5. The lowest BCUT2D eigenvalue weighted by atomic mass is 10.1. The Balaban J connectivity index is 2.49. The summed E-state index contributed by atoms with van der Waals surface area (Å²) in [6, 6.07) is 4.71. The van der Waals surface area contributed by atoms with Crippen LogP contribution < -0.4 is 10.9 Å². The van der Waals surface area contributed by atoms with Crippen molar-refractivity contribution in [1.29, 1.82) is 5.26 Å². The van der Waals surface area contributed by atoms with E-state index in [2.05, 4.69) is 21.5 Å². The number of H-pyrrole nitrogens is 1. The fourth-order valence-corrected chi connectivity index (χ4v) is 2.45. The topological polar surface area (TPSA) is 88.9 Å². The maximum Gasteiger partial charge on any atom is 0.416 e. The van der Waals surface area contributed by atoms with Crippen molar-refractivity contribution >= 4 is 22.2 Å². The van der Waals surface area contributed by atoms with Crippen LogP contribution in [-0.4, -0.2) is 15.6 Å². The average Bonchev–Trinajstić information content (AvgIpc) is 2.84. The zero-order valence-corrected chi connectivity index (χ0v) is 13.0. The zero-order chi connectivity index (χ0) is 17.9. The Morgan fingerprint density at radius 3 is 2.67 bits per heavy atom. The van der Waals surface area contributed by atoms with E-state index < -0.39 is 23.4 Å². The summed E-state index contributed by atoms with van der Waals surface area (Å²) in [5, 5.41) is 20.8. The van der Waals surface area contributed by atoms with Crippen molar-refractivity contribution in [3.05, 3.63) is 45.2 Å². The Hall–Kier alpha value is -2.75. The molecule has 1 heterocycles. The van der Waals surface area contributed by atoms with Gasteiger partial charge in [0.1, 0.15) is 17.2 Å². The molecule has 2 rings (SSSR count). The smallest absolute Gasteiger partial charge is 0.381 e. The van der Waals surface area contributed by atoms with Gasteiger partial charge in [-0.15, -0.1) is 0 Å². The van der Waals surface area contributed by atoms with Gasteiger partial charge in [-0.3, -0.25) is 9.17 Å². The van der Waals surface area contributed by atoms with Crippen LogP contribution in [0.5, 0.6) is 0 Å². The lowest BCUT2D eigenvalue weighted by molar-refractivity contribution is -0.137. The monoisotopic (exact) mass is 353 g/mol. The number of nitriles is 1. The second-order valence-electron chi connectivity index (χ2n) is 4.72. The minimum atomic E-state index is -4.59. The SMILES string of the molecule is CC(O)C#Cc1cc(Nc2s[nH]c(=O)c2C#N)cc(C(F)(F)F)c1. The first-order chi connectivity index (χ1) is 11.2. The summed E-state index contributed by atoms with van der Waals surface area (Å²) in [6.07, 6.45) is -5.58. The molecule has 0 aliphatic carbocycles. The predicted molar refractivity (Wildman–Crippen MR) is 82.9 cm³/mol. The Bertz CT molecular complexity index is 911. The van der Waals surface area contributed by atoms with Gasteiger partial charge in [0.05, 0.1) is 5.56 Å². The summed E-state index contributed by atoms with van der Waals surface area (Å²) in [5.74, 6) is 4.81. The Kier molecular flexibility index (Phi) is 4.98. The largest absolute Gasteiger partial charge is 0.416 e. The standard InChI is InChI=1S/C15H10F3N3O2S/c1-8(22)2-3-9-4-10(15(16,17)18)6-11(5-9)20-14-12(7-19)13(23)21-24-14/h4-6,8,20,22H,1H3,(H,21,23). The molecule has 1 atom stereocenters. The minimum Gasteiger partial charge on any atom is -0.381 e. The number of alkyl halides is 3. The summed E-state index contributed by atoms with van der Waals surface area (Å²) >= 11 is 0.805. The summed E-state index contributed by atoms with van der Waals surface area (Å²) in [6.45, 7) is 1.39. The highest BCUT2D eigenvalue weighted by Gasteiger charge is 2.31. The number of hydrogen-bond donors (Lipinski definition) is 3. The molecule has 1 aromatic carbocycles. The van der Waals surface area contributed by atoms with Gasteiger partial charge in [0.2, 0.25) is 0 Å². The van der Waals surface area contributed by atoms with Gasteiger partial charge in [0.25, 0.3) is 5.56 Å². The number of benzene rings is 1. The van der Waals surface area contributed by atoms with E-state index in [0.717, 1.165) is 23.7 Å². The third kappa shape index (κ3) is 4.16. The molecule has 24 heavy (non-hydrogen) atoms. The number of aliphatic hydroxyl groups is 1. The van der Waals surface area contributed by atoms with Crippen LogP contribution in [0.3, 0.4) is 0 Å². The highest BCUT2D eigenvalue weighted by Crippen LogP contribution is 2.33. The van der Waals surface area contributed by atoms with Gasteiger partial charge in [-0.2, -0.15) is 18.4 Å². The van der Waals surface area contributed by atoms with E-state index in [1.54, 1.807) is 6.07 Å². The molecule has 0 radical (unpaired) electrons. The number of aromatic amines is 1. The molecular weight excluding hydrogens is 343 g/mol. The zero-order valence-electron chi connectivity index (χ0n) is 12.2. The number of aromatic nitrogens is 1. The van der Waals surface area contributed by atoms with Gasteiger partial charge in [0, 0.05) is 11.3 Å². The van der Waals surface area contributed by atoms with Crippen LogP contribution >= 0.6 is 11.5 Å². The van der Waals surface area contributed by atoms with Gasteiger partial charge in [0.15, 0.2) is 5.56 Å². The van der Waals surface area contributed by atoms with E-state index in [4.69, 9.17) is 10.4 Å². The first-order valence-electron chi connectivity index (χ1n) is 6.51. The average molecular weight is 353 g/mol. The summed E-state index contributed by atoms with van der Waals surface area (Å²) < 4.78 is 41.3. The molecule has 0 saturated heterocycles. The molecule has 0 fully saturated rings. The molecule has 3 N–H and O–H groups in total. The maximum atomic E-state index is 13.0. The van der Waals surface area contributed by atoms with Crippen LogP contribution in [-0.2, 0) is 6.18 Å². The molecule has 124 valence electrons. The fraction of sp³-hybridized carbons (Fsp3) is 0.200. The molecule has 0 saturated carbocycles. The Morgan fingerprint density at radius 2 is 2.08 bits per heavy atom. The second-order valence-corrected chi connectivity index (χ2v) is 5.53. The lowest BCUT2D eigenvalue weighted by Gasteiger charge is -2.11. The minimum absolute atomic E-state index is 0.0199. The van der Waals surface area contributed by atoms with Crippen LogP contribution in [0.25, 0.3) is 0 Å². The molecular formula is C15H10F3N3O2S. The molecule has 5 nitrogen and oxygen atoms in total. The predicted octanol–water partition coefficient (Wildman–Crippen LogP) is 2.80. The summed E-state index contributed by atoms with van der Waals surface area (Å²) in [7, 11) is 0. The maximum absolute atomic E-state index is 13.0. The second kappa shape index (κ2) is 6.79. The van der Waals surface area contributed by atoms with Crippen LogP contribution in [0.4, 0.5) is 23.9 Å². The van der Waals surface area contributed by atoms with Crippen LogP contribution in [0.2, 0.25) is 0 Å². The highest BCUT2D eigenvalue weighted by atomic mass is 32.1. The number of anilines is 2. The third-order valence-corrected chi connectivity index (χ3v) is 3.55. The number of halogens is 3. The molecule has 1 unspecified atom stereocenters. The Labute approximate surface area is 138 Å². The molecule has 0 aliphatic rings. The number of nitrogens with one attached hydrogen (secondary N) is 2. The number of nitrogens with zero attached hydrogens (tertiary/aromatic N) is 1. The van der Waals surface area contributed by atoms with Crippen LogP contribution in [0, 0.1) is 23.2 Å². The fourth-order valence-electron chi connectivity index (χ4n) is 1.75.